The molecule has 210 valence electrons. The zero-order valence-corrected chi connectivity index (χ0v) is 22.2. The van der Waals surface area contributed by atoms with Gasteiger partial charge in [-0.1, -0.05) is 23.7 Å². The van der Waals surface area contributed by atoms with E-state index in [1.54, 1.807) is 0 Å². The van der Waals surface area contributed by atoms with Crippen LogP contribution in [-0.4, -0.2) is 58.6 Å². The van der Waals surface area contributed by atoms with Gasteiger partial charge in [0.05, 0.1) is 16.7 Å². The van der Waals surface area contributed by atoms with Crippen LogP contribution in [0.5, 0.6) is 0 Å². The van der Waals surface area contributed by atoms with Gasteiger partial charge < -0.3 is 15.0 Å². The van der Waals surface area contributed by atoms with E-state index in [1.165, 1.54) is 0 Å². The number of nitrogens with zero attached hydrogens (tertiary/aromatic N) is 6. The summed E-state index contributed by atoms with van der Waals surface area (Å²) in [6, 6.07) is 16.0. The van der Waals surface area contributed by atoms with Crippen molar-refractivity contribution in [2.75, 3.05) is 6.54 Å². The molecule has 5 rings (SSSR count). The van der Waals surface area contributed by atoms with Crippen molar-refractivity contribution in [3.05, 3.63) is 71.1 Å². The second-order valence-electron chi connectivity index (χ2n) is 8.76. The van der Waals surface area contributed by atoms with Crippen molar-refractivity contribution in [2.24, 2.45) is 0 Å². The molecule has 0 atom stereocenters. The number of nitrogens with one attached hydrogen (secondary N) is 1. The van der Waals surface area contributed by atoms with Crippen LogP contribution in [0.4, 0.5) is 13.2 Å². The van der Waals surface area contributed by atoms with E-state index in [-0.39, 0.29) is 5.91 Å². The molecule has 4 heterocycles. The number of alkyl halides is 3. The van der Waals surface area contributed by atoms with Gasteiger partial charge in [-0.3, -0.25) is 13.9 Å². The third kappa shape index (κ3) is 6.42. The van der Waals surface area contributed by atoms with Crippen LogP contribution < -0.4 is 5.32 Å². The Morgan fingerprint density at radius 2 is 1.82 bits per heavy atom. The first-order valence-corrected chi connectivity index (χ1v) is 12.5. The maximum Gasteiger partial charge on any atom is 0.490 e. The number of rotatable bonds is 7. The Balaban J connectivity index is 0.000000470. The van der Waals surface area contributed by atoms with Gasteiger partial charge in [-0.15, -0.1) is 10.2 Å². The molecule has 1 amide bonds. The zero-order valence-electron chi connectivity index (χ0n) is 21.5. The quantitative estimate of drug-likeness (QED) is 0.290. The summed E-state index contributed by atoms with van der Waals surface area (Å²) >= 11 is 6.25. The Bertz CT molecular complexity index is 1670. The lowest BCUT2D eigenvalue weighted by Gasteiger charge is -2.10. The van der Waals surface area contributed by atoms with Gasteiger partial charge in [-0.05, 0) is 55.8 Å². The Morgan fingerprint density at radius 1 is 1.07 bits per heavy atom. The lowest BCUT2D eigenvalue weighted by molar-refractivity contribution is -0.192. The SMILES string of the molecule is CCNC(=O)CCn1ccc(-c2cc3c(ccc4nnc(C)n43)n2Cc2cccc(Cl)c2)n1.O=C(O)C(F)(F)F. The third-order valence-electron chi connectivity index (χ3n) is 5.92. The van der Waals surface area contributed by atoms with Gasteiger partial charge in [0, 0.05) is 37.3 Å². The number of aliphatic carboxylic acids is 1. The number of fused-ring (bicyclic) bond motifs is 3. The number of carboxylic acids is 1. The van der Waals surface area contributed by atoms with Gasteiger partial charge in [-0.25, -0.2) is 4.79 Å². The lowest BCUT2D eigenvalue weighted by atomic mass is 10.2. The van der Waals surface area contributed by atoms with Gasteiger partial charge in [0.15, 0.2) is 5.65 Å². The number of carbonyl (C=O) groups excluding carboxylic acids is 1. The van der Waals surface area contributed by atoms with Crippen molar-refractivity contribution < 1.29 is 27.9 Å². The van der Waals surface area contributed by atoms with Gasteiger partial charge >= 0.3 is 12.1 Å². The monoisotopic (exact) mass is 575 g/mol. The first-order valence-electron chi connectivity index (χ1n) is 12.2. The average Bonchev–Trinajstić information content (AvgIpc) is 3.60. The first kappa shape index (κ1) is 28.6. The predicted molar refractivity (Wildman–Crippen MR) is 142 cm³/mol. The fourth-order valence-electron chi connectivity index (χ4n) is 4.17. The van der Waals surface area contributed by atoms with E-state index >= 15 is 0 Å². The molecule has 0 spiro atoms. The van der Waals surface area contributed by atoms with E-state index in [1.807, 2.05) is 55.1 Å². The summed E-state index contributed by atoms with van der Waals surface area (Å²) in [7, 11) is 0. The van der Waals surface area contributed by atoms with Crippen molar-refractivity contribution in [3.63, 3.8) is 0 Å². The fraction of sp³-hybridized carbons (Fsp3) is 0.269. The van der Waals surface area contributed by atoms with Gasteiger partial charge in [0.25, 0.3) is 0 Å². The maximum absolute atomic E-state index is 11.8. The summed E-state index contributed by atoms with van der Waals surface area (Å²) in [4.78, 5) is 20.7. The molecule has 0 fully saturated rings. The van der Waals surface area contributed by atoms with Crippen molar-refractivity contribution in [2.45, 2.75) is 39.5 Å². The van der Waals surface area contributed by atoms with Crippen LogP contribution in [0.2, 0.25) is 5.02 Å². The molecule has 40 heavy (non-hydrogen) atoms. The van der Waals surface area contributed by atoms with Gasteiger partial charge in [0.2, 0.25) is 5.91 Å². The molecule has 1 aromatic carbocycles. The number of pyridine rings is 1. The summed E-state index contributed by atoms with van der Waals surface area (Å²) < 4.78 is 37.8. The number of halogens is 4. The van der Waals surface area contributed by atoms with Crippen LogP contribution >= 0.6 is 11.6 Å². The lowest BCUT2D eigenvalue weighted by Crippen LogP contribution is -2.23. The van der Waals surface area contributed by atoms with Gasteiger partial charge in [0.1, 0.15) is 11.5 Å². The minimum Gasteiger partial charge on any atom is -0.475 e. The molecule has 2 N–H and O–H groups in total. The number of carbonyl (C=O) groups is 2. The summed E-state index contributed by atoms with van der Waals surface area (Å²) in [6.07, 6.45) is -2.78. The number of carboxylic acid groups (broad SMARTS) is 1. The van der Waals surface area contributed by atoms with E-state index in [0.29, 0.717) is 31.1 Å². The number of aromatic nitrogens is 6. The summed E-state index contributed by atoms with van der Waals surface area (Å²) in [5.41, 5.74) is 5.78. The minimum absolute atomic E-state index is 0.0232. The van der Waals surface area contributed by atoms with Crippen molar-refractivity contribution in [1.29, 1.82) is 0 Å². The normalized spacial score (nSPS) is 11.4. The van der Waals surface area contributed by atoms with E-state index in [0.717, 1.165) is 39.5 Å². The molecular weight excluding hydrogens is 551 g/mol. The number of benzene rings is 1. The molecule has 4 aromatic heterocycles. The molecule has 0 unspecified atom stereocenters. The summed E-state index contributed by atoms with van der Waals surface area (Å²) in [5.74, 6) is -1.91. The third-order valence-corrected chi connectivity index (χ3v) is 6.15. The number of amides is 1. The van der Waals surface area contributed by atoms with Crippen molar-refractivity contribution in [3.8, 4) is 11.4 Å². The van der Waals surface area contributed by atoms with Gasteiger partial charge in [-0.2, -0.15) is 18.3 Å². The highest BCUT2D eigenvalue weighted by Crippen LogP contribution is 2.30. The molecule has 0 saturated heterocycles. The highest BCUT2D eigenvalue weighted by Gasteiger charge is 2.38. The fourth-order valence-corrected chi connectivity index (χ4v) is 4.38. The Kier molecular flexibility index (Phi) is 8.43. The number of aryl methyl sites for hydroxylation is 2. The molecular formula is C26H25ClF3N7O3. The molecule has 5 aromatic rings. The van der Waals surface area contributed by atoms with Crippen LogP contribution in [0.3, 0.4) is 0 Å². The number of hydrogen-bond donors (Lipinski definition) is 2. The largest absolute Gasteiger partial charge is 0.490 e. The zero-order chi connectivity index (χ0) is 29.0. The Labute approximate surface area is 231 Å². The summed E-state index contributed by atoms with van der Waals surface area (Å²) in [5, 5.41) is 23.9. The molecule has 14 heteroatoms. The van der Waals surface area contributed by atoms with Crippen molar-refractivity contribution >= 4 is 40.2 Å². The molecule has 0 aliphatic carbocycles. The van der Waals surface area contributed by atoms with E-state index in [9.17, 15) is 18.0 Å². The molecule has 0 bridgehead atoms. The van der Waals surface area contributed by atoms with E-state index in [4.69, 9.17) is 26.6 Å². The smallest absolute Gasteiger partial charge is 0.475 e. The highest BCUT2D eigenvalue weighted by molar-refractivity contribution is 6.30. The van der Waals surface area contributed by atoms with Crippen LogP contribution in [-0.2, 0) is 22.7 Å². The highest BCUT2D eigenvalue weighted by atomic mass is 35.5. The molecule has 0 saturated carbocycles. The molecule has 0 radical (unpaired) electrons. The van der Waals surface area contributed by atoms with Crippen LogP contribution in [0.15, 0.2) is 54.7 Å². The Hall–Kier alpha value is -4.39. The second-order valence-corrected chi connectivity index (χ2v) is 9.20. The van der Waals surface area contributed by atoms with Crippen LogP contribution in [0.1, 0.15) is 24.7 Å². The van der Waals surface area contributed by atoms with E-state index in [2.05, 4.69) is 42.7 Å². The number of hydrogen-bond acceptors (Lipinski definition) is 5. The molecule has 10 nitrogen and oxygen atoms in total. The maximum atomic E-state index is 11.8. The van der Waals surface area contributed by atoms with E-state index < -0.39 is 12.1 Å². The second kappa shape index (κ2) is 11.8. The molecule has 0 aliphatic heterocycles. The standard InChI is InChI=1S/C24H24ClN7O.C2HF3O2/c1-3-26-24(33)10-12-30-11-9-19(29-30)21-14-22-20(7-8-23-28-27-16(2)32(22)23)31(21)15-17-5-4-6-18(25)13-17;3-2(4,5)1(6)7/h4-9,11,13-14H,3,10,12,15H2,1-2H3,(H,26,33);(H,6,7). The first-order chi connectivity index (χ1) is 19.0. The average molecular weight is 576 g/mol. The Morgan fingerprint density at radius 3 is 2.50 bits per heavy atom. The topological polar surface area (TPSA) is 119 Å². The van der Waals surface area contributed by atoms with Crippen LogP contribution in [0, 0.1) is 6.92 Å². The van der Waals surface area contributed by atoms with Crippen molar-refractivity contribution in [1.82, 2.24) is 34.3 Å². The predicted octanol–water partition coefficient (Wildman–Crippen LogP) is 4.72. The summed E-state index contributed by atoms with van der Waals surface area (Å²) in [6.45, 7) is 5.65. The van der Waals surface area contributed by atoms with Crippen LogP contribution in [0.25, 0.3) is 28.1 Å². The minimum atomic E-state index is -5.08. The molecule has 0 aliphatic rings.